The number of aromatic nitrogens is 3. The molecule has 0 bridgehead atoms. The predicted octanol–water partition coefficient (Wildman–Crippen LogP) is 4.64. The maximum atomic E-state index is 13.6. The number of hydrogen-bond acceptors (Lipinski definition) is 7. The normalized spacial score (nSPS) is 14.7. The van der Waals surface area contributed by atoms with E-state index in [0.717, 1.165) is 36.3 Å². The number of hydrogen-bond donors (Lipinski definition) is 1. The Kier molecular flexibility index (Phi) is 8.65. The van der Waals surface area contributed by atoms with Crippen molar-refractivity contribution >= 4 is 29.3 Å². The number of nitrogens with zero attached hydrogens (tertiary/aromatic N) is 4. The molecule has 186 valence electrons. The van der Waals surface area contributed by atoms with E-state index in [9.17, 15) is 4.79 Å². The molecule has 35 heavy (non-hydrogen) atoms. The summed E-state index contributed by atoms with van der Waals surface area (Å²) in [6.07, 6.45) is 0. The van der Waals surface area contributed by atoms with E-state index >= 15 is 0 Å². The average molecular weight is 496 g/mol. The van der Waals surface area contributed by atoms with Crippen LogP contribution in [0.3, 0.4) is 0 Å². The molecule has 1 aliphatic rings. The molecule has 2 heterocycles. The van der Waals surface area contributed by atoms with Crippen LogP contribution in [0.25, 0.3) is 0 Å². The highest BCUT2D eigenvalue weighted by molar-refractivity contribution is 8.00. The van der Waals surface area contributed by atoms with Crippen molar-refractivity contribution in [3.8, 4) is 5.75 Å². The van der Waals surface area contributed by atoms with Gasteiger partial charge in [-0.05, 0) is 30.5 Å². The van der Waals surface area contributed by atoms with Gasteiger partial charge < -0.3 is 19.7 Å². The molecule has 1 aromatic heterocycles. The van der Waals surface area contributed by atoms with Gasteiger partial charge in [-0.15, -0.1) is 10.2 Å². The third-order valence-corrected chi connectivity index (χ3v) is 6.78. The van der Waals surface area contributed by atoms with Crippen LogP contribution in [0.1, 0.15) is 31.6 Å². The molecule has 1 N–H and O–H groups in total. The lowest BCUT2D eigenvalue weighted by molar-refractivity contribution is -0.115. The number of benzene rings is 2. The van der Waals surface area contributed by atoms with E-state index in [1.807, 2.05) is 61.5 Å². The highest BCUT2D eigenvalue weighted by atomic mass is 32.2. The standard InChI is InChI=1S/C26H33N5O3S/c1-4-34-22-13-9-8-12-21(22)27-24(32)23(20-10-6-5-7-11-20)35-26-29-28-25(31(26)18-19(2)3)30-14-16-33-17-15-30/h5-13,19,23H,4,14-18H2,1-3H3,(H,27,32). The second-order valence-electron chi connectivity index (χ2n) is 8.71. The van der Waals surface area contributed by atoms with Crippen molar-refractivity contribution in [2.45, 2.75) is 37.7 Å². The summed E-state index contributed by atoms with van der Waals surface area (Å²) >= 11 is 1.42. The molecule has 1 atom stereocenters. The first-order valence-corrected chi connectivity index (χ1v) is 12.9. The van der Waals surface area contributed by atoms with Crippen LogP contribution in [0.4, 0.5) is 11.6 Å². The van der Waals surface area contributed by atoms with Gasteiger partial charge >= 0.3 is 0 Å². The van der Waals surface area contributed by atoms with Crippen molar-refractivity contribution in [3.63, 3.8) is 0 Å². The van der Waals surface area contributed by atoms with E-state index in [4.69, 9.17) is 9.47 Å². The lowest BCUT2D eigenvalue weighted by Crippen LogP contribution is -2.38. The Morgan fingerprint density at radius 2 is 1.80 bits per heavy atom. The Bertz CT molecular complexity index is 1100. The summed E-state index contributed by atoms with van der Waals surface area (Å²) in [6, 6.07) is 17.3. The summed E-state index contributed by atoms with van der Waals surface area (Å²) in [4.78, 5) is 15.9. The third kappa shape index (κ3) is 6.35. The summed E-state index contributed by atoms with van der Waals surface area (Å²) in [5.41, 5.74) is 1.55. The van der Waals surface area contributed by atoms with Crippen molar-refractivity contribution < 1.29 is 14.3 Å². The summed E-state index contributed by atoms with van der Waals surface area (Å²) in [5, 5.41) is 12.4. The van der Waals surface area contributed by atoms with Gasteiger partial charge in [0.05, 0.1) is 25.5 Å². The highest BCUT2D eigenvalue weighted by Crippen LogP contribution is 2.38. The molecule has 1 aliphatic heterocycles. The van der Waals surface area contributed by atoms with E-state index in [1.54, 1.807) is 0 Å². The minimum atomic E-state index is -0.515. The molecule has 2 aromatic carbocycles. The second-order valence-corrected chi connectivity index (χ2v) is 9.79. The van der Waals surface area contributed by atoms with Gasteiger partial charge in [0.2, 0.25) is 11.9 Å². The molecule has 9 heteroatoms. The smallest absolute Gasteiger partial charge is 0.242 e. The van der Waals surface area contributed by atoms with E-state index < -0.39 is 5.25 Å². The Hall–Kier alpha value is -3.04. The number of carbonyl (C=O) groups excluding carboxylic acids is 1. The average Bonchev–Trinajstić information content (AvgIpc) is 3.26. The number of carbonyl (C=O) groups is 1. The van der Waals surface area contributed by atoms with Crippen LogP contribution in [-0.2, 0) is 16.1 Å². The molecule has 3 aromatic rings. The highest BCUT2D eigenvalue weighted by Gasteiger charge is 2.28. The minimum absolute atomic E-state index is 0.139. The van der Waals surface area contributed by atoms with Gasteiger partial charge in [0, 0.05) is 19.6 Å². The van der Waals surface area contributed by atoms with Crippen LogP contribution in [0.2, 0.25) is 0 Å². The largest absolute Gasteiger partial charge is 0.492 e. The molecular weight excluding hydrogens is 462 g/mol. The first-order chi connectivity index (χ1) is 17.1. The lowest BCUT2D eigenvalue weighted by atomic mass is 10.1. The van der Waals surface area contributed by atoms with Crippen LogP contribution in [0, 0.1) is 5.92 Å². The molecule has 0 aliphatic carbocycles. The van der Waals surface area contributed by atoms with E-state index in [-0.39, 0.29) is 5.91 Å². The summed E-state index contributed by atoms with van der Waals surface area (Å²) in [5.74, 6) is 1.74. The van der Waals surface area contributed by atoms with Crippen LogP contribution in [0.15, 0.2) is 59.8 Å². The van der Waals surface area contributed by atoms with Crippen LogP contribution in [0.5, 0.6) is 5.75 Å². The monoisotopic (exact) mass is 495 g/mol. The maximum absolute atomic E-state index is 13.6. The number of morpholine rings is 1. The molecule has 8 nitrogen and oxygen atoms in total. The fourth-order valence-corrected chi connectivity index (χ4v) is 4.99. The second kappa shape index (κ2) is 12.1. The van der Waals surface area contributed by atoms with Crippen molar-refractivity contribution in [1.29, 1.82) is 0 Å². The number of anilines is 2. The minimum Gasteiger partial charge on any atom is -0.492 e. The molecule has 1 saturated heterocycles. The Morgan fingerprint density at radius 3 is 2.51 bits per heavy atom. The van der Waals surface area contributed by atoms with Gasteiger partial charge in [-0.1, -0.05) is 68.1 Å². The number of ether oxygens (including phenoxy) is 2. The first-order valence-electron chi connectivity index (χ1n) is 12.1. The quantitative estimate of drug-likeness (QED) is 0.410. The van der Waals surface area contributed by atoms with Crippen molar-refractivity contribution in [2.24, 2.45) is 5.92 Å². The van der Waals surface area contributed by atoms with E-state index in [2.05, 4.69) is 38.8 Å². The zero-order valence-corrected chi connectivity index (χ0v) is 21.3. The van der Waals surface area contributed by atoms with Gasteiger partial charge in [-0.25, -0.2) is 0 Å². The van der Waals surface area contributed by atoms with Crippen LogP contribution in [-0.4, -0.2) is 53.6 Å². The summed E-state index contributed by atoms with van der Waals surface area (Å²) in [7, 11) is 0. The Labute approximate surface area is 211 Å². The number of rotatable bonds is 10. The molecular formula is C26H33N5O3S. The van der Waals surface area contributed by atoms with Gasteiger partial charge in [-0.2, -0.15) is 0 Å². The third-order valence-electron chi connectivity index (χ3n) is 5.55. The van der Waals surface area contributed by atoms with Gasteiger partial charge in [0.25, 0.3) is 0 Å². The molecule has 1 unspecified atom stereocenters. The molecule has 4 rings (SSSR count). The molecule has 1 amide bonds. The lowest BCUT2D eigenvalue weighted by Gasteiger charge is -2.28. The number of nitrogens with one attached hydrogen (secondary N) is 1. The SMILES string of the molecule is CCOc1ccccc1NC(=O)C(Sc1nnc(N2CCOCC2)n1CC(C)C)c1ccccc1. The molecule has 0 radical (unpaired) electrons. The molecule has 1 fully saturated rings. The van der Waals surface area contributed by atoms with E-state index in [0.29, 0.717) is 37.2 Å². The van der Waals surface area contributed by atoms with E-state index in [1.165, 1.54) is 11.8 Å². The van der Waals surface area contributed by atoms with Crippen LogP contribution < -0.4 is 15.0 Å². The first kappa shape index (κ1) is 25.1. The summed E-state index contributed by atoms with van der Waals surface area (Å²) in [6.45, 7) is 10.4. The molecule has 0 spiro atoms. The summed E-state index contributed by atoms with van der Waals surface area (Å²) < 4.78 is 13.4. The topological polar surface area (TPSA) is 81.5 Å². The zero-order chi connectivity index (χ0) is 24.6. The Morgan fingerprint density at radius 1 is 1.09 bits per heavy atom. The van der Waals surface area contributed by atoms with Gasteiger partial charge in [0.15, 0.2) is 5.16 Å². The van der Waals surface area contributed by atoms with Crippen molar-refractivity contribution in [1.82, 2.24) is 14.8 Å². The van der Waals surface area contributed by atoms with Crippen molar-refractivity contribution in [2.75, 3.05) is 43.1 Å². The van der Waals surface area contributed by atoms with Crippen molar-refractivity contribution in [3.05, 3.63) is 60.2 Å². The number of amides is 1. The zero-order valence-electron chi connectivity index (χ0n) is 20.5. The fourth-order valence-electron chi connectivity index (χ4n) is 3.95. The van der Waals surface area contributed by atoms with Crippen LogP contribution >= 0.6 is 11.8 Å². The fraction of sp³-hybridized carbons (Fsp3) is 0.423. The predicted molar refractivity (Wildman–Crippen MR) is 139 cm³/mol. The molecule has 0 saturated carbocycles. The van der Waals surface area contributed by atoms with Gasteiger partial charge in [0.1, 0.15) is 11.0 Å². The number of para-hydroxylation sites is 2. The van der Waals surface area contributed by atoms with Gasteiger partial charge in [-0.3, -0.25) is 9.36 Å². The Balaban J connectivity index is 1.64. The maximum Gasteiger partial charge on any atom is 0.242 e. The number of thioether (sulfide) groups is 1.